The maximum atomic E-state index is 16.4. The fourth-order valence-electron chi connectivity index (χ4n) is 5.28. The van der Waals surface area contributed by atoms with Crippen LogP contribution >= 0.6 is 11.6 Å². The number of carbonyl (C=O) groups is 2. The summed E-state index contributed by atoms with van der Waals surface area (Å²) in [6, 6.07) is 9.16. The number of hydrogen-bond donors (Lipinski definition) is 2. The number of rotatable bonds is 10. The van der Waals surface area contributed by atoms with Gasteiger partial charge < -0.3 is 25.2 Å². The molecular weight excluding hydrogens is 602 g/mol. The van der Waals surface area contributed by atoms with E-state index in [4.69, 9.17) is 16.3 Å². The van der Waals surface area contributed by atoms with E-state index < -0.39 is 41.0 Å². The summed E-state index contributed by atoms with van der Waals surface area (Å²) in [6.07, 6.45) is -2.77. The third-order valence-electron chi connectivity index (χ3n) is 7.42. The quantitative estimate of drug-likeness (QED) is 0.221. The molecule has 44 heavy (non-hydrogen) atoms. The molecule has 1 aliphatic heterocycles. The van der Waals surface area contributed by atoms with Crippen molar-refractivity contribution in [3.05, 3.63) is 76.2 Å². The lowest BCUT2D eigenvalue weighted by Crippen LogP contribution is -2.55. The Morgan fingerprint density at radius 2 is 1.86 bits per heavy atom. The van der Waals surface area contributed by atoms with E-state index in [-0.39, 0.29) is 48.2 Å². The van der Waals surface area contributed by atoms with Crippen LogP contribution in [0.5, 0.6) is 5.88 Å². The number of ether oxygens (including phenoxy) is 1. The smallest absolute Gasteiger partial charge is 0.417 e. The highest BCUT2D eigenvalue weighted by Gasteiger charge is 2.39. The van der Waals surface area contributed by atoms with Gasteiger partial charge in [0.05, 0.1) is 29.0 Å². The Balaban J connectivity index is 1.71. The minimum absolute atomic E-state index is 0.0521. The first kappa shape index (κ1) is 33.0. The lowest BCUT2D eigenvalue weighted by Gasteiger charge is -2.43. The van der Waals surface area contributed by atoms with Crippen LogP contribution in [-0.4, -0.2) is 74.1 Å². The van der Waals surface area contributed by atoms with Crippen LogP contribution in [0.4, 0.5) is 23.2 Å². The van der Waals surface area contributed by atoms with Crippen LogP contribution < -0.4 is 20.3 Å². The molecule has 1 atom stereocenters. The lowest BCUT2D eigenvalue weighted by molar-refractivity contribution is -0.138. The number of nitrogens with zero attached hydrogens (tertiary/aromatic N) is 3. The Morgan fingerprint density at radius 3 is 2.55 bits per heavy atom. The Labute approximate surface area is 258 Å². The molecular formula is C31H34ClF4N5O3. The number of alkyl halides is 3. The van der Waals surface area contributed by atoms with Gasteiger partial charge in [-0.1, -0.05) is 18.5 Å². The summed E-state index contributed by atoms with van der Waals surface area (Å²) >= 11 is 5.80. The molecule has 2 aromatic carbocycles. The van der Waals surface area contributed by atoms with Crippen molar-refractivity contribution in [2.24, 2.45) is 0 Å². The van der Waals surface area contributed by atoms with E-state index in [0.717, 1.165) is 12.1 Å². The molecule has 13 heteroatoms. The van der Waals surface area contributed by atoms with Gasteiger partial charge in [0.25, 0.3) is 11.8 Å². The molecule has 2 N–H and O–H groups in total. The third kappa shape index (κ3) is 7.07. The van der Waals surface area contributed by atoms with Gasteiger partial charge in [0.15, 0.2) is 0 Å². The molecule has 0 radical (unpaired) electrons. The fraction of sp³-hybridized carbons (Fsp3) is 0.387. The van der Waals surface area contributed by atoms with Crippen molar-refractivity contribution >= 4 is 29.1 Å². The highest BCUT2D eigenvalue weighted by atomic mass is 35.5. The van der Waals surface area contributed by atoms with Gasteiger partial charge >= 0.3 is 6.18 Å². The van der Waals surface area contributed by atoms with Gasteiger partial charge in [-0.05, 0) is 62.9 Å². The van der Waals surface area contributed by atoms with Gasteiger partial charge in [0.2, 0.25) is 5.88 Å². The summed E-state index contributed by atoms with van der Waals surface area (Å²) in [6.45, 7) is 4.93. The predicted molar refractivity (Wildman–Crippen MR) is 161 cm³/mol. The molecule has 0 saturated carbocycles. The summed E-state index contributed by atoms with van der Waals surface area (Å²) in [5, 5.41) is 5.55. The van der Waals surface area contributed by atoms with Crippen LogP contribution in [0, 0.1) is 5.82 Å². The minimum Gasteiger partial charge on any atom is -0.478 e. The van der Waals surface area contributed by atoms with Crippen LogP contribution in [0.3, 0.4) is 0 Å². The van der Waals surface area contributed by atoms with Crippen LogP contribution in [0.15, 0.2) is 48.7 Å². The standard InChI is InChI=1S/C31H34ClF4N5O3/c1-4-20-18-40(30(43)23-9-8-19(32)17-24(23)31(34,35)36)15-16-41(20)25-11-10-21(22-7-6-12-39-29(22)44-5-2)27(33)26(25)28(42)38-14-13-37-3/h6-12,17,20,37H,4-5,13-16,18H2,1-3H3,(H,38,42)/t20-/m1/s1. The zero-order valence-corrected chi connectivity index (χ0v) is 25.4. The number of anilines is 1. The molecule has 236 valence electrons. The molecule has 0 aliphatic carbocycles. The van der Waals surface area contributed by atoms with Crippen LogP contribution in [0.1, 0.15) is 46.5 Å². The van der Waals surface area contributed by atoms with Crippen molar-refractivity contribution in [3.8, 4) is 17.0 Å². The summed E-state index contributed by atoms with van der Waals surface area (Å²) < 4.78 is 63.3. The van der Waals surface area contributed by atoms with E-state index in [9.17, 15) is 22.8 Å². The number of pyridine rings is 1. The van der Waals surface area contributed by atoms with E-state index in [1.54, 1.807) is 38.2 Å². The molecule has 0 spiro atoms. The zero-order valence-electron chi connectivity index (χ0n) is 24.6. The second kappa shape index (κ2) is 14.3. The lowest BCUT2D eigenvalue weighted by atomic mass is 9.98. The van der Waals surface area contributed by atoms with Crippen LogP contribution in [0.25, 0.3) is 11.1 Å². The largest absolute Gasteiger partial charge is 0.478 e. The van der Waals surface area contributed by atoms with E-state index in [0.29, 0.717) is 30.8 Å². The number of carbonyl (C=O) groups excluding carboxylic acids is 2. The van der Waals surface area contributed by atoms with Crippen molar-refractivity contribution in [1.82, 2.24) is 20.5 Å². The Morgan fingerprint density at radius 1 is 1.09 bits per heavy atom. The monoisotopic (exact) mass is 635 g/mol. The number of nitrogens with one attached hydrogen (secondary N) is 2. The van der Waals surface area contributed by atoms with E-state index in [2.05, 4.69) is 15.6 Å². The van der Waals surface area contributed by atoms with Gasteiger partial charge in [0, 0.05) is 61.1 Å². The summed E-state index contributed by atoms with van der Waals surface area (Å²) in [5.41, 5.74) is -0.948. The van der Waals surface area contributed by atoms with Gasteiger partial charge in [0.1, 0.15) is 5.82 Å². The predicted octanol–water partition coefficient (Wildman–Crippen LogP) is 5.65. The normalized spacial score (nSPS) is 15.3. The molecule has 3 aromatic rings. The first-order valence-electron chi connectivity index (χ1n) is 14.3. The Bertz CT molecular complexity index is 1500. The van der Waals surface area contributed by atoms with Crippen molar-refractivity contribution in [3.63, 3.8) is 0 Å². The highest BCUT2D eigenvalue weighted by Crippen LogP contribution is 2.38. The average Bonchev–Trinajstić information content (AvgIpc) is 3.00. The number of hydrogen-bond acceptors (Lipinski definition) is 6. The molecule has 8 nitrogen and oxygen atoms in total. The molecule has 1 aliphatic rings. The number of likely N-dealkylation sites (N-methyl/N-ethyl adjacent to an activating group) is 1. The highest BCUT2D eigenvalue weighted by molar-refractivity contribution is 6.30. The van der Waals surface area contributed by atoms with E-state index in [1.165, 1.54) is 17.2 Å². The van der Waals surface area contributed by atoms with Gasteiger partial charge in [-0.3, -0.25) is 9.59 Å². The molecule has 0 bridgehead atoms. The average molecular weight is 636 g/mol. The van der Waals surface area contributed by atoms with Crippen LogP contribution in [-0.2, 0) is 6.18 Å². The molecule has 1 saturated heterocycles. The van der Waals surface area contributed by atoms with Gasteiger partial charge in [-0.25, -0.2) is 9.37 Å². The van der Waals surface area contributed by atoms with Crippen molar-refractivity contribution < 1.29 is 31.9 Å². The Hall–Kier alpha value is -3.90. The number of halogens is 5. The summed E-state index contributed by atoms with van der Waals surface area (Å²) in [4.78, 5) is 34.2. The first-order valence-corrected chi connectivity index (χ1v) is 14.7. The maximum Gasteiger partial charge on any atom is 0.417 e. The molecule has 2 amide bonds. The first-order chi connectivity index (χ1) is 21.0. The molecule has 1 aromatic heterocycles. The molecule has 1 fully saturated rings. The summed E-state index contributed by atoms with van der Waals surface area (Å²) in [7, 11) is 1.73. The van der Waals surface area contributed by atoms with Gasteiger partial charge in [-0.2, -0.15) is 13.2 Å². The zero-order chi connectivity index (χ0) is 32.0. The van der Waals surface area contributed by atoms with Crippen molar-refractivity contribution in [2.45, 2.75) is 32.5 Å². The number of piperazine rings is 1. The number of amides is 2. The molecule has 4 rings (SSSR count). The number of benzene rings is 2. The SMILES string of the molecule is CCOc1ncccc1-c1ccc(N2CCN(C(=O)c3ccc(Cl)cc3C(F)(F)F)C[C@H]2CC)c(C(=O)NCCNC)c1F. The topological polar surface area (TPSA) is 86.8 Å². The van der Waals surface area contributed by atoms with Gasteiger partial charge in [-0.15, -0.1) is 0 Å². The molecule has 2 heterocycles. The summed E-state index contributed by atoms with van der Waals surface area (Å²) in [5.74, 6) is -1.94. The Kier molecular flexibility index (Phi) is 10.7. The van der Waals surface area contributed by atoms with E-state index >= 15 is 4.39 Å². The second-order valence-corrected chi connectivity index (χ2v) is 10.6. The third-order valence-corrected chi connectivity index (χ3v) is 7.65. The fourth-order valence-corrected chi connectivity index (χ4v) is 5.45. The van der Waals surface area contributed by atoms with Crippen molar-refractivity contribution in [1.29, 1.82) is 0 Å². The van der Waals surface area contributed by atoms with Crippen molar-refractivity contribution in [2.75, 3.05) is 51.3 Å². The maximum absolute atomic E-state index is 16.4. The number of aromatic nitrogens is 1. The molecule has 0 unspecified atom stereocenters. The minimum atomic E-state index is -4.77. The van der Waals surface area contributed by atoms with E-state index in [1.807, 2.05) is 11.8 Å². The van der Waals surface area contributed by atoms with Crippen LogP contribution in [0.2, 0.25) is 5.02 Å². The second-order valence-electron chi connectivity index (χ2n) is 10.2.